The van der Waals surface area contributed by atoms with Crippen molar-refractivity contribution in [3.63, 3.8) is 0 Å². The summed E-state index contributed by atoms with van der Waals surface area (Å²) in [5.74, 6) is -0.558. The molecule has 2 atom stereocenters. The number of aliphatic hydroxyl groups excluding tert-OH is 3. The number of carbonyl (C=O) groups excluding carboxylic acids is 1. The third-order valence-corrected chi connectivity index (χ3v) is 11.3. The van der Waals surface area contributed by atoms with Crippen LogP contribution in [-0.4, -0.2) is 88.0 Å². The number of nitrogens with one attached hydrogen (secondary N) is 1. The number of amides is 1. The van der Waals surface area contributed by atoms with Gasteiger partial charge in [0.15, 0.2) is 0 Å². The quantitative estimate of drug-likeness (QED) is 0.0340. The fourth-order valence-electron chi connectivity index (χ4n) is 7.77. The number of carbonyl (C=O) groups is 1. The Morgan fingerprint density at radius 2 is 0.816 bits per heavy atom. The zero-order valence-corrected chi connectivity index (χ0v) is 32.9. The molecule has 7 nitrogen and oxygen atoms in total. The summed E-state index contributed by atoms with van der Waals surface area (Å²) in [6.45, 7) is 8.00. The molecule has 5 N–H and O–H groups in total. The number of hydrogen-bond donors (Lipinski definition) is 5. The van der Waals surface area contributed by atoms with Gasteiger partial charge >= 0.3 is 0 Å². The Morgan fingerprint density at radius 1 is 0.531 bits per heavy atom. The van der Waals surface area contributed by atoms with Gasteiger partial charge in [-0.25, -0.2) is 0 Å². The Morgan fingerprint density at radius 3 is 1.12 bits per heavy atom. The summed E-state index contributed by atoms with van der Waals surface area (Å²) in [6.07, 6.45) is 33.5. The maximum Gasteiger partial charge on any atom is 0.252 e. The van der Waals surface area contributed by atoms with E-state index in [1.807, 2.05) is 0 Å². The number of nitrogens with zero attached hydrogens (tertiary/aromatic N) is 1. The number of quaternary nitrogens is 1. The summed E-state index contributed by atoms with van der Waals surface area (Å²) in [6, 6.07) is 0. The predicted octanol–water partition coefficient (Wildman–Crippen LogP) is 9.12. The second-order valence-corrected chi connectivity index (χ2v) is 16.3. The summed E-state index contributed by atoms with van der Waals surface area (Å²) in [4.78, 5) is 12.9. The zero-order valence-electron chi connectivity index (χ0n) is 32.9. The van der Waals surface area contributed by atoms with Crippen LogP contribution < -0.4 is 5.32 Å². The first kappa shape index (κ1) is 46.3. The Bertz CT molecular complexity index is 721. The molecule has 0 aliphatic heterocycles. The van der Waals surface area contributed by atoms with Gasteiger partial charge < -0.3 is 30.2 Å². The van der Waals surface area contributed by atoms with Crippen molar-refractivity contribution in [2.24, 2.45) is 0 Å². The summed E-state index contributed by atoms with van der Waals surface area (Å²) >= 11 is 0. The molecule has 1 fully saturated rings. The topological polar surface area (TPSA) is 110 Å². The van der Waals surface area contributed by atoms with Gasteiger partial charge in [-0.2, -0.15) is 0 Å². The highest BCUT2D eigenvalue weighted by molar-refractivity contribution is 5.85. The number of hydrogen-bond acceptors (Lipinski definition) is 5. The minimum absolute atomic E-state index is 0.263. The van der Waals surface area contributed by atoms with Crippen LogP contribution in [0.1, 0.15) is 206 Å². The van der Waals surface area contributed by atoms with Gasteiger partial charge in [-0.15, -0.1) is 0 Å². The van der Waals surface area contributed by atoms with Crippen molar-refractivity contribution >= 4 is 5.91 Å². The SMILES string of the molecule is CCCCCCCCCCCCCCCC[N+](C)(CCCCCCCCCCCCCCCC)CCNC(=O)C1(O)C[C@@H](O)C(O)[C@H](O)C1. The summed E-state index contributed by atoms with van der Waals surface area (Å²) in [5, 5.41) is 43.7. The van der Waals surface area contributed by atoms with Crippen molar-refractivity contribution < 1.29 is 29.7 Å². The lowest BCUT2D eigenvalue weighted by Crippen LogP contribution is -2.60. The van der Waals surface area contributed by atoms with E-state index in [-0.39, 0.29) is 12.8 Å². The minimum Gasteiger partial charge on any atom is -0.390 e. The van der Waals surface area contributed by atoms with E-state index < -0.39 is 29.8 Å². The van der Waals surface area contributed by atoms with Crippen LogP contribution in [0, 0.1) is 0 Å². The molecule has 0 unspecified atom stereocenters. The van der Waals surface area contributed by atoms with Crippen molar-refractivity contribution in [3.05, 3.63) is 0 Å². The Kier molecular flexibility index (Phi) is 28.2. The molecular weight excluding hydrogens is 612 g/mol. The van der Waals surface area contributed by atoms with Gasteiger partial charge in [0.2, 0.25) is 0 Å². The summed E-state index contributed by atoms with van der Waals surface area (Å²) < 4.78 is 0.916. The fraction of sp³-hybridized carbons (Fsp3) is 0.976. The molecule has 0 bridgehead atoms. The van der Waals surface area contributed by atoms with Gasteiger partial charge in [-0.05, 0) is 25.7 Å². The highest BCUT2D eigenvalue weighted by Crippen LogP contribution is 2.29. The lowest BCUT2D eigenvalue weighted by atomic mass is 9.79. The molecule has 49 heavy (non-hydrogen) atoms. The van der Waals surface area contributed by atoms with E-state index in [1.54, 1.807) is 0 Å². The van der Waals surface area contributed by atoms with Crippen molar-refractivity contribution in [1.82, 2.24) is 5.32 Å². The van der Waals surface area contributed by atoms with E-state index in [4.69, 9.17) is 0 Å². The smallest absolute Gasteiger partial charge is 0.252 e. The molecule has 0 radical (unpaired) electrons. The average molecular weight is 698 g/mol. The molecule has 7 heteroatoms. The van der Waals surface area contributed by atoms with Crippen LogP contribution in [0.5, 0.6) is 0 Å². The molecule has 1 saturated carbocycles. The molecule has 0 heterocycles. The zero-order chi connectivity index (χ0) is 36.1. The van der Waals surface area contributed by atoms with Gasteiger partial charge in [0.05, 0.1) is 45.4 Å². The van der Waals surface area contributed by atoms with Gasteiger partial charge in [-0.1, -0.05) is 168 Å². The standard InChI is InChI=1S/C42H84N2O5/c1-4-6-8-10-12-14-16-18-20-22-24-26-28-30-33-44(3,34-31-29-27-25-23-21-19-17-15-13-11-9-7-5-2)35-32-43-41(48)42(49)36-38(45)40(47)39(46)37-42/h38-40,45-47,49H,4-37H2,1-3H3/p+1/t38-,39-,40?,42?/m1/s1. The van der Waals surface area contributed by atoms with Crippen LogP contribution in [0.15, 0.2) is 0 Å². The fourth-order valence-corrected chi connectivity index (χ4v) is 7.77. The lowest BCUT2D eigenvalue weighted by Gasteiger charge is -2.39. The van der Waals surface area contributed by atoms with Crippen LogP contribution in [0.3, 0.4) is 0 Å². The van der Waals surface area contributed by atoms with Gasteiger partial charge in [0.1, 0.15) is 11.7 Å². The Labute approximate surface area is 304 Å². The van der Waals surface area contributed by atoms with E-state index in [1.165, 1.54) is 180 Å². The van der Waals surface area contributed by atoms with Crippen LogP contribution in [0.4, 0.5) is 0 Å². The largest absolute Gasteiger partial charge is 0.390 e. The molecule has 0 saturated heterocycles. The van der Waals surface area contributed by atoms with E-state index in [0.717, 1.165) is 24.1 Å². The van der Waals surface area contributed by atoms with E-state index in [0.29, 0.717) is 6.54 Å². The first-order valence-electron chi connectivity index (χ1n) is 21.6. The van der Waals surface area contributed by atoms with Crippen LogP contribution >= 0.6 is 0 Å². The molecule has 1 aliphatic rings. The number of likely N-dealkylation sites (N-methyl/N-ethyl adjacent to an activating group) is 1. The maximum absolute atomic E-state index is 12.9. The first-order chi connectivity index (χ1) is 23.7. The molecule has 0 spiro atoms. The molecule has 1 amide bonds. The lowest BCUT2D eigenvalue weighted by molar-refractivity contribution is -0.908. The second kappa shape index (κ2) is 29.8. The molecule has 1 aliphatic carbocycles. The van der Waals surface area contributed by atoms with Crippen LogP contribution in [-0.2, 0) is 4.79 Å². The maximum atomic E-state index is 12.9. The third kappa shape index (κ3) is 23.5. The molecule has 1 rings (SSSR count). The van der Waals surface area contributed by atoms with Crippen molar-refractivity contribution in [1.29, 1.82) is 0 Å². The van der Waals surface area contributed by atoms with Crippen LogP contribution in [0.25, 0.3) is 0 Å². The normalized spacial score (nSPS) is 21.3. The molecule has 0 aromatic carbocycles. The molecule has 292 valence electrons. The van der Waals surface area contributed by atoms with Gasteiger partial charge in [-0.3, -0.25) is 4.79 Å². The number of rotatable bonds is 34. The van der Waals surface area contributed by atoms with Crippen molar-refractivity contribution in [2.75, 3.05) is 33.2 Å². The predicted molar refractivity (Wildman–Crippen MR) is 207 cm³/mol. The average Bonchev–Trinajstić information content (AvgIpc) is 3.07. The molecule has 0 aromatic rings. The number of aliphatic hydroxyl groups is 4. The van der Waals surface area contributed by atoms with Gasteiger partial charge in [0, 0.05) is 12.8 Å². The second-order valence-electron chi connectivity index (χ2n) is 16.3. The Hall–Kier alpha value is -0.730. The Balaban J connectivity index is 2.34. The minimum atomic E-state index is -1.86. The summed E-state index contributed by atoms with van der Waals surface area (Å²) in [5.41, 5.74) is -1.86. The van der Waals surface area contributed by atoms with Crippen LogP contribution in [0.2, 0.25) is 0 Å². The third-order valence-electron chi connectivity index (χ3n) is 11.3. The number of unbranched alkanes of at least 4 members (excludes halogenated alkanes) is 26. The molecule has 0 aromatic heterocycles. The highest BCUT2D eigenvalue weighted by Gasteiger charge is 2.48. The molecular formula is C42H85N2O5+. The van der Waals surface area contributed by atoms with Crippen molar-refractivity contribution in [2.45, 2.75) is 230 Å². The highest BCUT2D eigenvalue weighted by atomic mass is 16.4. The van der Waals surface area contributed by atoms with E-state index in [2.05, 4.69) is 26.2 Å². The van der Waals surface area contributed by atoms with E-state index >= 15 is 0 Å². The van der Waals surface area contributed by atoms with Crippen molar-refractivity contribution in [3.8, 4) is 0 Å². The summed E-state index contributed by atoms with van der Waals surface area (Å²) in [7, 11) is 2.32. The van der Waals surface area contributed by atoms with Gasteiger partial charge in [0.25, 0.3) is 5.91 Å². The van der Waals surface area contributed by atoms with E-state index in [9.17, 15) is 25.2 Å². The monoisotopic (exact) mass is 698 g/mol. The first-order valence-corrected chi connectivity index (χ1v) is 21.6.